The second kappa shape index (κ2) is 6.66. The van der Waals surface area contributed by atoms with Gasteiger partial charge >= 0.3 is 0 Å². The molecule has 1 aliphatic heterocycles. The van der Waals surface area contributed by atoms with Crippen molar-refractivity contribution in [2.24, 2.45) is 0 Å². The molecule has 27 heavy (non-hydrogen) atoms. The lowest BCUT2D eigenvalue weighted by molar-refractivity contribution is -0.383. The van der Waals surface area contributed by atoms with Gasteiger partial charge in [0, 0.05) is 23.9 Å². The number of nitrogens with zero attached hydrogens (tertiary/aromatic N) is 4. The average Bonchev–Trinajstić information content (AvgIpc) is 3.03. The number of rotatable bonds is 6. The Morgan fingerprint density at radius 3 is 2.70 bits per heavy atom. The van der Waals surface area contributed by atoms with Gasteiger partial charge in [-0.25, -0.2) is 0 Å². The molecule has 1 aromatic heterocycles. The van der Waals surface area contributed by atoms with E-state index in [2.05, 4.69) is 30.1 Å². The normalized spacial score (nSPS) is 12.3. The molecule has 0 bridgehead atoms. The van der Waals surface area contributed by atoms with Gasteiger partial charge in [0.25, 0.3) is 5.69 Å². The molecule has 7 nitrogen and oxygen atoms in total. The van der Waals surface area contributed by atoms with Gasteiger partial charge in [-0.1, -0.05) is 25.5 Å². The van der Waals surface area contributed by atoms with Gasteiger partial charge < -0.3 is 10.2 Å². The summed E-state index contributed by atoms with van der Waals surface area (Å²) in [6.45, 7) is 9.95. The van der Waals surface area contributed by atoms with Crippen LogP contribution in [0.5, 0.6) is 0 Å². The van der Waals surface area contributed by atoms with Crippen LogP contribution in [0.4, 0.5) is 17.1 Å². The molecule has 1 N–H and O–H groups in total. The fourth-order valence-electron chi connectivity index (χ4n) is 3.77. The van der Waals surface area contributed by atoms with E-state index in [0.29, 0.717) is 5.69 Å². The molecule has 0 amide bonds. The Hall–Kier alpha value is -2.93. The Balaban J connectivity index is 1.90. The molecule has 2 heterocycles. The first kappa shape index (κ1) is 17.5. The van der Waals surface area contributed by atoms with Crippen molar-refractivity contribution in [2.75, 3.05) is 25.0 Å². The molecule has 140 valence electrons. The maximum Gasteiger partial charge on any atom is 0.293 e. The van der Waals surface area contributed by atoms with E-state index in [1.54, 1.807) is 6.07 Å². The van der Waals surface area contributed by atoms with Gasteiger partial charge in [0.05, 0.1) is 22.4 Å². The van der Waals surface area contributed by atoms with Crippen molar-refractivity contribution < 1.29 is 4.92 Å². The summed E-state index contributed by atoms with van der Waals surface area (Å²) >= 11 is 0. The van der Waals surface area contributed by atoms with Gasteiger partial charge in [0.15, 0.2) is 0 Å². The van der Waals surface area contributed by atoms with Crippen LogP contribution in [0.1, 0.15) is 19.4 Å². The number of hydrogen-bond donors (Lipinski definition) is 1. The van der Waals surface area contributed by atoms with Gasteiger partial charge in [0.2, 0.25) is 0 Å². The minimum atomic E-state index is -0.335. The SMILES string of the molecule is CCN(CC)CCn1nc2c3c(c([N+](=O)[O-])ccc31)Nc1ccc(C)cc1-2. The minimum Gasteiger partial charge on any atom is -0.349 e. The Morgan fingerprint density at radius 1 is 1.22 bits per heavy atom. The Morgan fingerprint density at radius 2 is 2.00 bits per heavy atom. The minimum absolute atomic E-state index is 0.0817. The van der Waals surface area contributed by atoms with Crippen LogP contribution in [0.3, 0.4) is 0 Å². The van der Waals surface area contributed by atoms with E-state index in [0.717, 1.165) is 59.6 Å². The third kappa shape index (κ3) is 2.84. The van der Waals surface area contributed by atoms with Gasteiger partial charge in [-0.15, -0.1) is 0 Å². The third-order valence-electron chi connectivity index (χ3n) is 5.31. The van der Waals surface area contributed by atoms with Crippen molar-refractivity contribution in [3.8, 4) is 11.3 Å². The van der Waals surface area contributed by atoms with Crippen molar-refractivity contribution >= 4 is 28.0 Å². The van der Waals surface area contributed by atoms with E-state index >= 15 is 0 Å². The fourth-order valence-corrected chi connectivity index (χ4v) is 3.77. The highest BCUT2D eigenvalue weighted by Gasteiger charge is 2.29. The molecule has 0 saturated carbocycles. The summed E-state index contributed by atoms with van der Waals surface area (Å²) in [5.74, 6) is 0. The zero-order valence-electron chi connectivity index (χ0n) is 15.8. The Labute approximate surface area is 157 Å². The number of fused-ring (bicyclic) bond motifs is 2. The van der Waals surface area contributed by atoms with E-state index in [1.807, 2.05) is 29.8 Å². The van der Waals surface area contributed by atoms with Crippen molar-refractivity contribution in [1.29, 1.82) is 0 Å². The first-order chi connectivity index (χ1) is 13.0. The molecule has 7 heteroatoms. The molecule has 0 aliphatic carbocycles. The van der Waals surface area contributed by atoms with Crippen LogP contribution in [0, 0.1) is 17.0 Å². The number of hydrogen-bond acceptors (Lipinski definition) is 5. The third-order valence-corrected chi connectivity index (χ3v) is 5.31. The molecular formula is C20H23N5O2. The lowest BCUT2D eigenvalue weighted by Gasteiger charge is -2.18. The second-order valence-corrected chi connectivity index (χ2v) is 6.88. The molecule has 1 aliphatic rings. The summed E-state index contributed by atoms with van der Waals surface area (Å²) in [6, 6.07) is 9.44. The van der Waals surface area contributed by atoms with Crippen LogP contribution in [0.2, 0.25) is 0 Å². The number of nitrogens with one attached hydrogen (secondary N) is 1. The first-order valence-corrected chi connectivity index (χ1v) is 9.31. The van der Waals surface area contributed by atoms with E-state index in [1.165, 1.54) is 0 Å². The predicted octanol–water partition coefficient (Wildman–Crippen LogP) is 4.32. The van der Waals surface area contributed by atoms with Gasteiger partial charge in [-0.2, -0.15) is 5.10 Å². The molecule has 2 aromatic carbocycles. The quantitative estimate of drug-likeness (QED) is 0.407. The molecule has 0 unspecified atom stereocenters. The van der Waals surface area contributed by atoms with Crippen molar-refractivity contribution in [2.45, 2.75) is 27.3 Å². The smallest absolute Gasteiger partial charge is 0.293 e. The van der Waals surface area contributed by atoms with Crippen LogP contribution in [-0.2, 0) is 6.54 Å². The number of anilines is 2. The Kier molecular flexibility index (Phi) is 4.31. The molecule has 4 rings (SSSR count). The van der Waals surface area contributed by atoms with E-state index in [4.69, 9.17) is 5.10 Å². The Bertz CT molecular complexity index is 1040. The average molecular weight is 365 g/mol. The maximum absolute atomic E-state index is 11.6. The van der Waals surface area contributed by atoms with Crippen molar-refractivity contribution in [1.82, 2.24) is 14.7 Å². The van der Waals surface area contributed by atoms with E-state index < -0.39 is 0 Å². The summed E-state index contributed by atoms with van der Waals surface area (Å²) in [6.07, 6.45) is 0. The van der Waals surface area contributed by atoms with Gasteiger partial charge in [-0.3, -0.25) is 14.8 Å². The largest absolute Gasteiger partial charge is 0.349 e. The summed E-state index contributed by atoms with van der Waals surface area (Å²) in [5.41, 5.74) is 5.36. The highest BCUT2D eigenvalue weighted by Crippen LogP contribution is 2.47. The summed E-state index contributed by atoms with van der Waals surface area (Å²) in [5, 5.41) is 20.5. The lowest BCUT2D eigenvalue weighted by Crippen LogP contribution is -2.27. The predicted molar refractivity (Wildman–Crippen MR) is 108 cm³/mol. The van der Waals surface area contributed by atoms with Crippen LogP contribution >= 0.6 is 0 Å². The van der Waals surface area contributed by atoms with Crippen LogP contribution in [-0.4, -0.2) is 39.2 Å². The summed E-state index contributed by atoms with van der Waals surface area (Å²) in [4.78, 5) is 13.6. The van der Waals surface area contributed by atoms with Crippen molar-refractivity contribution in [3.63, 3.8) is 0 Å². The monoisotopic (exact) mass is 365 g/mol. The summed E-state index contributed by atoms with van der Waals surface area (Å²) in [7, 11) is 0. The fraction of sp³-hybridized carbons (Fsp3) is 0.350. The van der Waals surface area contributed by atoms with Crippen LogP contribution in [0.25, 0.3) is 22.2 Å². The standard InChI is InChI=1S/C20H23N5O2/c1-4-23(5-2)10-11-24-16-8-9-17(25(26)27)20-18(16)19(22-24)14-12-13(3)6-7-15(14)21-20/h6-9,12,21H,4-5,10-11H2,1-3H3. The van der Waals surface area contributed by atoms with Gasteiger partial charge in [0.1, 0.15) is 11.4 Å². The zero-order valence-corrected chi connectivity index (χ0v) is 15.8. The molecule has 0 radical (unpaired) electrons. The molecule has 0 fully saturated rings. The molecule has 0 saturated heterocycles. The number of aromatic nitrogens is 2. The number of benzene rings is 2. The molecular weight excluding hydrogens is 342 g/mol. The van der Waals surface area contributed by atoms with Crippen LogP contribution < -0.4 is 5.32 Å². The number of aryl methyl sites for hydroxylation is 1. The first-order valence-electron chi connectivity index (χ1n) is 9.31. The lowest BCUT2D eigenvalue weighted by atomic mass is 9.98. The highest BCUT2D eigenvalue weighted by molar-refractivity contribution is 6.12. The number of nitro groups is 1. The summed E-state index contributed by atoms with van der Waals surface area (Å²) < 4.78 is 1.98. The number of nitro benzene ring substituents is 1. The molecule has 0 atom stereocenters. The van der Waals surface area contributed by atoms with Crippen molar-refractivity contribution in [3.05, 3.63) is 46.0 Å². The number of likely N-dealkylation sites (N-methyl/N-ethyl adjacent to an activating group) is 1. The second-order valence-electron chi connectivity index (χ2n) is 6.88. The zero-order chi connectivity index (χ0) is 19.1. The molecule has 0 spiro atoms. The maximum atomic E-state index is 11.6. The van der Waals surface area contributed by atoms with E-state index in [-0.39, 0.29) is 10.6 Å². The van der Waals surface area contributed by atoms with Gasteiger partial charge in [-0.05, 0) is 38.2 Å². The highest BCUT2D eigenvalue weighted by atomic mass is 16.6. The molecule has 3 aromatic rings. The van der Waals surface area contributed by atoms with Crippen LogP contribution in [0.15, 0.2) is 30.3 Å². The van der Waals surface area contributed by atoms with E-state index in [9.17, 15) is 10.1 Å². The topological polar surface area (TPSA) is 76.2 Å².